The standard InChI is InChI=1S/C19H19F2N7O/c20-19(21)13(23)3-4-17-24-9-16(27-17)15-8-14(25-11-26-15)12-2-1-7-28(10-12)18(29)5-6-22/h3-4,8-9,11-12,19,23H,1-2,5,7,10H2,(H,24,27)/b4-3-,23-13?. The van der Waals surface area contributed by atoms with E-state index < -0.39 is 12.1 Å². The highest BCUT2D eigenvalue weighted by atomic mass is 19.3. The van der Waals surface area contributed by atoms with Gasteiger partial charge in [0.25, 0.3) is 6.43 Å². The maximum Gasteiger partial charge on any atom is 0.279 e. The first-order valence-electron chi connectivity index (χ1n) is 9.04. The summed E-state index contributed by atoms with van der Waals surface area (Å²) in [6.45, 7) is 1.14. The monoisotopic (exact) mass is 399 g/mol. The van der Waals surface area contributed by atoms with Crippen LogP contribution in [0.2, 0.25) is 0 Å². The number of hydrogen-bond donors (Lipinski definition) is 2. The fourth-order valence-electron chi connectivity index (χ4n) is 3.16. The molecule has 0 saturated carbocycles. The summed E-state index contributed by atoms with van der Waals surface area (Å²) in [5, 5.41) is 15.9. The van der Waals surface area contributed by atoms with E-state index in [1.807, 2.05) is 12.1 Å². The van der Waals surface area contributed by atoms with Crippen LogP contribution in [0.1, 0.15) is 36.7 Å². The number of aromatic nitrogens is 4. The molecular weight excluding hydrogens is 380 g/mol. The van der Waals surface area contributed by atoms with Crippen LogP contribution in [0.4, 0.5) is 8.78 Å². The van der Waals surface area contributed by atoms with Crippen molar-refractivity contribution in [2.45, 2.75) is 31.6 Å². The Hall–Kier alpha value is -3.48. The molecule has 29 heavy (non-hydrogen) atoms. The predicted molar refractivity (Wildman–Crippen MR) is 101 cm³/mol. The predicted octanol–water partition coefficient (Wildman–Crippen LogP) is 2.78. The normalized spacial score (nSPS) is 16.9. The van der Waals surface area contributed by atoms with Crippen LogP contribution in [0.15, 0.2) is 24.7 Å². The number of halogens is 2. The van der Waals surface area contributed by atoms with Crippen LogP contribution in [-0.2, 0) is 4.79 Å². The Morgan fingerprint density at radius 2 is 2.28 bits per heavy atom. The first-order valence-corrected chi connectivity index (χ1v) is 9.04. The Labute approximate surface area is 165 Å². The summed E-state index contributed by atoms with van der Waals surface area (Å²) in [5.74, 6) is 0.198. The Bertz CT molecular complexity index is 963. The van der Waals surface area contributed by atoms with E-state index in [1.165, 1.54) is 18.6 Å². The van der Waals surface area contributed by atoms with Crippen molar-refractivity contribution in [2.75, 3.05) is 13.1 Å². The van der Waals surface area contributed by atoms with Crippen molar-refractivity contribution in [1.82, 2.24) is 24.8 Å². The van der Waals surface area contributed by atoms with Gasteiger partial charge in [0.1, 0.15) is 18.6 Å². The summed E-state index contributed by atoms with van der Waals surface area (Å²) in [6, 6.07) is 3.70. The highest BCUT2D eigenvalue weighted by Gasteiger charge is 2.25. The molecule has 10 heteroatoms. The molecule has 3 heterocycles. The molecule has 2 aromatic rings. The number of likely N-dealkylation sites (tertiary alicyclic amines) is 1. The van der Waals surface area contributed by atoms with Crippen LogP contribution in [0.25, 0.3) is 17.5 Å². The number of nitriles is 1. The van der Waals surface area contributed by atoms with E-state index in [0.29, 0.717) is 30.3 Å². The summed E-state index contributed by atoms with van der Waals surface area (Å²) in [4.78, 5) is 29.3. The van der Waals surface area contributed by atoms with Gasteiger partial charge in [0.2, 0.25) is 5.91 Å². The second-order valence-electron chi connectivity index (χ2n) is 6.61. The molecule has 0 aromatic carbocycles. The van der Waals surface area contributed by atoms with Gasteiger partial charge >= 0.3 is 0 Å². The zero-order chi connectivity index (χ0) is 20.8. The van der Waals surface area contributed by atoms with E-state index in [1.54, 1.807) is 4.90 Å². The first kappa shape index (κ1) is 20.3. The molecule has 0 radical (unpaired) electrons. The molecule has 1 fully saturated rings. The first-order chi connectivity index (χ1) is 14.0. The third kappa shape index (κ3) is 5.07. The lowest BCUT2D eigenvalue weighted by molar-refractivity contribution is -0.131. The summed E-state index contributed by atoms with van der Waals surface area (Å²) in [7, 11) is 0. The van der Waals surface area contributed by atoms with Crippen molar-refractivity contribution in [3.63, 3.8) is 0 Å². The fraction of sp³-hybridized carbons (Fsp3) is 0.368. The zero-order valence-electron chi connectivity index (χ0n) is 15.5. The van der Waals surface area contributed by atoms with Crippen LogP contribution < -0.4 is 0 Å². The maximum atomic E-state index is 12.4. The van der Waals surface area contributed by atoms with Crippen LogP contribution in [-0.4, -0.2) is 56.0 Å². The van der Waals surface area contributed by atoms with Gasteiger partial charge in [-0.2, -0.15) is 5.26 Å². The fourth-order valence-corrected chi connectivity index (χ4v) is 3.16. The van der Waals surface area contributed by atoms with Crippen molar-refractivity contribution in [3.05, 3.63) is 36.2 Å². The van der Waals surface area contributed by atoms with E-state index in [9.17, 15) is 13.6 Å². The number of hydrogen-bond acceptors (Lipinski definition) is 6. The minimum atomic E-state index is -2.83. The van der Waals surface area contributed by atoms with Gasteiger partial charge < -0.3 is 9.88 Å². The van der Waals surface area contributed by atoms with Gasteiger partial charge in [-0.3, -0.25) is 10.2 Å². The number of piperidine rings is 1. The number of carbonyl (C=O) groups is 1. The summed E-state index contributed by atoms with van der Waals surface area (Å²) in [6.07, 6.45) is 4.00. The number of allylic oxidation sites excluding steroid dienone is 1. The summed E-state index contributed by atoms with van der Waals surface area (Å²) < 4.78 is 24.8. The third-order valence-corrected chi connectivity index (χ3v) is 4.64. The quantitative estimate of drug-likeness (QED) is 0.723. The number of H-pyrrole nitrogens is 1. The molecule has 2 N–H and O–H groups in total. The van der Waals surface area contributed by atoms with Gasteiger partial charge in [0.15, 0.2) is 0 Å². The van der Waals surface area contributed by atoms with Crippen LogP contribution in [0.5, 0.6) is 0 Å². The van der Waals surface area contributed by atoms with E-state index in [0.717, 1.165) is 24.6 Å². The molecule has 150 valence electrons. The molecule has 1 aliphatic rings. The van der Waals surface area contributed by atoms with Crippen LogP contribution in [0.3, 0.4) is 0 Å². The van der Waals surface area contributed by atoms with Gasteiger partial charge in [-0.15, -0.1) is 0 Å². The lowest BCUT2D eigenvalue weighted by Gasteiger charge is -2.32. The van der Waals surface area contributed by atoms with E-state index in [-0.39, 0.29) is 18.2 Å². The molecule has 8 nitrogen and oxygen atoms in total. The lowest BCUT2D eigenvalue weighted by atomic mass is 9.94. The van der Waals surface area contributed by atoms with Crippen molar-refractivity contribution in [2.24, 2.45) is 0 Å². The van der Waals surface area contributed by atoms with Crippen molar-refractivity contribution in [1.29, 1.82) is 10.7 Å². The second-order valence-corrected chi connectivity index (χ2v) is 6.61. The zero-order valence-corrected chi connectivity index (χ0v) is 15.5. The number of amides is 1. The topological polar surface area (TPSA) is 122 Å². The molecular formula is C19H19F2N7O. The van der Waals surface area contributed by atoms with Gasteiger partial charge in [0.05, 0.1) is 29.4 Å². The average Bonchev–Trinajstić information content (AvgIpc) is 3.21. The number of nitrogens with one attached hydrogen (secondary N) is 2. The number of imidazole rings is 1. The molecule has 0 aliphatic carbocycles. The van der Waals surface area contributed by atoms with Gasteiger partial charge in [-0.1, -0.05) is 0 Å². The Kier molecular flexibility index (Phi) is 6.39. The Balaban J connectivity index is 1.74. The van der Waals surface area contributed by atoms with Crippen LogP contribution >= 0.6 is 0 Å². The smallest absolute Gasteiger partial charge is 0.279 e. The maximum absolute atomic E-state index is 12.4. The van der Waals surface area contributed by atoms with Gasteiger partial charge in [-0.25, -0.2) is 23.7 Å². The van der Waals surface area contributed by atoms with Gasteiger partial charge in [-0.05, 0) is 31.1 Å². The SMILES string of the molecule is N#CCC(=O)N1CCCC(c2cc(-c3cnc(/C=C\C(=N)C(F)F)[nH]3)ncn2)C1. The van der Waals surface area contributed by atoms with E-state index in [4.69, 9.17) is 10.7 Å². The highest BCUT2D eigenvalue weighted by Crippen LogP contribution is 2.27. The molecule has 0 spiro atoms. The average molecular weight is 399 g/mol. The minimum Gasteiger partial charge on any atom is -0.341 e. The summed E-state index contributed by atoms with van der Waals surface area (Å²) >= 11 is 0. The Morgan fingerprint density at radius 3 is 3.03 bits per heavy atom. The van der Waals surface area contributed by atoms with E-state index in [2.05, 4.69) is 19.9 Å². The number of carbonyl (C=O) groups excluding carboxylic acids is 1. The second kappa shape index (κ2) is 9.14. The molecule has 1 amide bonds. The molecule has 1 atom stereocenters. The largest absolute Gasteiger partial charge is 0.341 e. The molecule has 1 unspecified atom stereocenters. The van der Waals surface area contributed by atoms with Crippen molar-refractivity contribution < 1.29 is 13.6 Å². The number of aromatic amines is 1. The van der Waals surface area contributed by atoms with E-state index >= 15 is 0 Å². The lowest BCUT2D eigenvalue weighted by Crippen LogP contribution is -2.39. The van der Waals surface area contributed by atoms with Crippen LogP contribution in [0, 0.1) is 16.7 Å². The molecule has 1 aliphatic heterocycles. The number of nitrogens with zero attached hydrogens (tertiary/aromatic N) is 5. The highest BCUT2D eigenvalue weighted by molar-refractivity contribution is 5.97. The minimum absolute atomic E-state index is 0.0435. The number of alkyl halides is 2. The molecule has 0 bridgehead atoms. The van der Waals surface area contributed by atoms with Crippen molar-refractivity contribution in [3.8, 4) is 17.5 Å². The molecule has 2 aromatic heterocycles. The van der Waals surface area contributed by atoms with Crippen molar-refractivity contribution >= 4 is 17.7 Å². The Morgan fingerprint density at radius 1 is 1.45 bits per heavy atom. The van der Waals surface area contributed by atoms with Gasteiger partial charge in [0, 0.05) is 24.7 Å². The molecule has 1 saturated heterocycles. The molecule has 3 rings (SSSR count). The third-order valence-electron chi connectivity index (χ3n) is 4.64. The number of rotatable bonds is 6. The summed E-state index contributed by atoms with van der Waals surface area (Å²) in [5.41, 5.74) is 1.17.